The Morgan fingerprint density at radius 1 is 1.35 bits per heavy atom. The van der Waals surface area contributed by atoms with Gasteiger partial charge in [-0.3, -0.25) is 9.59 Å². The van der Waals surface area contributed by atoms with Crippen LogP contribution >= 0.6 is 0 Å². The fraction of sp³-hybridized carbons (Fsp3) is 0.818. The van der Waals surface area contributed by atoms with E-state index in [0.717, 1.165) is 19.4 Å². The van der Waals surface area contributed by atoms with Crippen LogP contribution in [0.4, 0.5) is 0 Å². The van der Waals surface area contributed by atoms with E-state index in [2.05, 4.69) is 10.6 Å². The van der Waals surface area contributed by atoms with Crippen LogP contribution in [0.1, 0.15) is 12.8 Å². The Morgan fingerprint density at radius 2 is 2.18 bits per heavy atom. The highest BCUT2D eigenvalue weighted by molar-refractivity contribution is 5.80. The van der Waals surface area contributed by atoms with Gasteiger partial charge in [-0.2, -0.15) is 0 Å². The molecule has 0 radical (unpaired) electrons. The summed E-state index contributed by atoms with van der Waals surface area (Å²) in [6, 6.07) is -0.387. The second-order valence-electron chi connectivity index (χ2n) is 4.64. The molecular weight excluding hydrogens is 224 g/mol. The predicted octanol–water partition coefficient (Wildman–Crippen LogP) is -0.798. The molecule has 1 amide bonds. The third kappa shape index (κ3) is 2.95. The minimum absolute atomic E-state index is 0.0428. The Balaban J connectivity index is 1.86. The third-order valence-electron chi connectivity index (χ3n) is 3.39. The number of hydrogen-bond acceptors (Lipinski definition) is 4. The molecule has 2 fully saturated rings. The summed E-state index contributed by atoms with van der Waals surface area (Å²) in [6.45, 7) is 2.11. The Bertz CT molecular complexity index is 302. The van der Waals surface area contributed by atoms with E-state index in [1.165, 1.54) is 0 Å². The fourth-order valence-electron chi connectivity index (χ4n) is 2.32. The second kappa shape index (κ2) is 5.46. The van der Waals surface area contributed by atoms with Gasteiger partial charge in [-0.1, -0.05) is 0 Å². The van der Waals surface area contributed by atoms with Gasteiger partial charge in [-0.25, -0.2) is 0 Å². The van der Waals surface area contributed by atoms with Crippen molar-refractivity contribution in [1.82, 2.24) is 10.6 Å². The number of piperidine rings is 1. The number of ether oxygens (including phenoxy) is 1. The van der Waals surface area contributed by atoms with Crippen molar-refractivity contribution in [3.8, 4) is 0 Å². The zero-order chi connectivity index (χ0) is 12.3. The monoisotopic (exact) mass is 242 g/mol. The average molecular weight is 242 g/mol. The lowest BCUT2D eigenvalue weighted by Gasteiger charge is -2.24. The molecule has 0 aromatic rings. The molecule has 0 aromatic carbocycles. The Kier molecular flexibility index (Phi) is 3.96. The van der Waals surface area contributed by atoms with E-state index < -0.39 is 11.9 Å². The van der Waals surface area contributed by atoms with Gasteiger partial charge in [0.1, 0.15) is 5.92 Å². The lowest BCUT2D eigenvalue weighted by atomic mass is 9.97. The highest BCUT2D eigenvalue weighted by Crippen LogP contribution is 2.16. The highest BCUT2D eigenvalue weighted by atomic mass is 16.5. The summed E-state index contributed by atoms with van der Waals surface area (Å²) in [6.07, 6.45) is 1.85. The number of carboxylic acid groups (broad SMARTS) is 1. The van der Waals surface area contributed by atoms with Gasteiger partial charge >= 0.3 is 5.97 Å². The summed E-state index contributed by atoms with van der Waals surface area (Å²) in [4.78, 5) is 22.8. The van der Waals surface area contributed by atoms with Crippen LogP contribution in [0.25, 0.3) is 0 Å². The van der Waals surface area contributed by atoms with Crippen LogP contribution in [0, 0.1) is 11.8 Å². The maximum Gasteiger partial charge on any atom is 0.311 e. The van der Waals surface area contributed by atoms with Crippen LogP contribution in [-0.4, -0.2) is 49.3 Å². The summed E-state index contributed by atoms with van der Waals surface area (Å²) in [5.41, 5.74) is 0. The zero-order valence-corrected chi connectivity index (χ0v) is 9.65. The van der Waals surface area contributed by atoms with Gasteiger partial charge in [0.25, 0.3) is 0 Å². The first-order chi connectivity index (χ1) is 8.18. The second-order valence-corrected chi connectivity index (χ2v) is 4.64. The van der Waals surface area contributed by atoms with Crippen molar-refractivity contribution < 1.29 is 19.4 Å². The number of nitrogens with one attached hydrogen (secondary N) is 2. The van der Waals surface area contributed by atoms with Crippen LogP contribution in [0.5, 0.6) is 0 Å². The molecular formula is C11H18N2O4. The van der Waals surface area contributed by atoms with Crippen LogP contribution in [0.3, 0.4) is 0 Å². The molecule has 3 unspecified atom stereocenters. The molecule has 2 heterocycles. The van der Waals surface area contributed by atoms with Crippen LogP contribution < -0.4 is 10.6 Å². The molecule has 0 bridgehead atoms. The first kappa shape index (κ1) is 12.3. The SMILES string of the molecule is O=C(NC1COCC1C(=O)O)C1CCCNC1. The Labute approximate surface area is 99.7 Å². The summed E-state index contributed by atoms with van der Waals surface area (Å²) >= 11 is 0. The minimum atomic E-state index is -0.908. The molecule has 0 saturated carbocycles. The number of carbonyl (C=O) groups is 2. The Hall–Kier alpha value is -1.14. The van der Waals surface area contributed by atoms with Crippen molar-refractivity contribution in [2.24, 2.45) is 11.8 Å². The topological polar surface area (TPSA) is 87.7 Å². The van der Waals surface area contributed by atoms with Gasteiger partial charge in [-0.05, 0) is 19.4 Å². The van der Waals surface area contributed by atoms with Crippen molar-refractivity contribution in [2.45, 2.75) is 18.9 Å². The van der Waals surface area contributed by atoms with E-state index in [1.54, 1.807) is 0 Å². The first-order valence-corrected chi connectivity index (χ1v) is 6.00. The number of rotatable bonds is 3. The quantitative estimate of drug-likeness (QED) is 0.603. The van der Waals surface area contributed by atoms with Crippen molar-refractivity contribution in [3.63, 3.8) is 0 Å². The number of carbonyl (C=O) groups excluding carboxylic acids is 1. The summed E-state index contributed by atoms with van der Waals surface area (Å²) in [5.74, 6) is -1.62. The van der Waals surface area contributed by atoms with Gasteiger partial charge in [0.05, 0.1) is 25.2 Å². The van der Waals surface area contributed by atoms with Gasteiger partial charge in [0, 0.05) is 6.54 Å². The Morgan fingerprint density at radius 3 is 2.82 bits per heavy atom. The zero-order valence-electron chi connectivity index (χ0n) is 9.65. The van der Waals surface area contributed by atoms with E-state index in [4.69, 9.17) is 9.84 Å². The van der Waals surface area contributed by atoms with E-state index in [9.17, 15) is 9.59 Å². The van der Waals surface area contributed by atoms with Crippen LogP contribution in [0.2, 0.25) is 0 Å². The van der Waals surface area contributed by atoms with E-state index >= 15 is 0 Å². The van der Waals surface area contributed by atoms with Gasteiger partial charge < -0.3 is 20.5 Å². The lowest BCUT2D eigenvalue weighted by Crippen LogP contribution is -2.48. The van der Waals surface area contributed by atoms with Crippen molar-refractivity contribution >= 4 is 11.9 Å². The smallest absolute Gasteiger partial charge is 0.311 e. The highest BCUT2D eigenvalue weighted by Gasteiger charge is 2.36. The van der Waals surface area contributed by atoms with E-state index in [1.807, 2.05) is 0 Å². The standard InChI is InChI=1S/C11H18N2O4/c14-10(7-2-1-3-12-4-7)13-9-6-17-5-8(9)11(15)16/h7-9,12H,1-6H2,(H,13,14)(H,15,16). The maximum atomic E-state index is 11.9. The van der Waals surface area contributed by atoms with Crippen LogP contribution in [0.15, 0.2) is 0 Å². The van der Waals surface area contributed by atoms with Gasteiger partial charge in [0.2, 0.25) is 5.91 Å². The molecule has 3 N–H and O–H groups in total. The van der Waals surface area contributed by atoms with Crippen molar-refractivity contribution in [1.29, 1.82) is 0 Å². The summed E-state index contributed by atoms with van der Waals surface area (Å²) in [5, 5.41) is 14.9. The van der Waals surface area contributed by atoms with Crippen molar-refractivity contribution in [2.75, 3.05) is 26.3 Å². The average Bonchev–Trinajstić information content (AvgIpc) is 2.78. The number of carboxylic acids is 1. The normalized spacial score (nSPS) is 33.3. The largest absolute Gasteiger partial charge is 0.481 e. The van der Waals surface area contributed by atoms with Crippen LogP contribution in [-0.2, 0) is 14.3 Å². The molecule has 3 atom stereocenters. The molecule has 2 rings (SSSR count). The molecule has 6 nitrogen and oxygen atoms in total. The predicted molar refractivity (Wildman–Crippen MR) is 59.5 cm³/mol. The van der Waals surface area contributed by atoms with E-state index in [0.29, 0.717) is 13.2 Å². The fourth-order valence-corrected chi connectivity index (χ4v) is 2.32. The first-order valence-electron chi connectivity index (χ1n) is 6.00. The number of hydrogen-bond donors (Lipinski definition) is 3. The molecule has 2 saturated heterocycles. The third-order valence-corrected chi connectivity index (χ3v) is 3.39. The van der Waals surface area contributed by atoms with Crippen molar-refractivity contribution in [3.05, 3.63) is 0 Å². The minimum Gasteiger partial charge on any atom is -0.481 e. The molecule has 17 heavy (non-hydrogen) atoms. The summed E-state index contributed by atoms with van der Waals surface area (Å²) in [7, 11) is 0. The summed E-state index contributed by atoms with van der Waals surface area (Å²) < 4.78 is 5.11. The number of amides is 1. The lowest BCUT2D eigenvalue weighted by molar-refractivity contribution is -0.142. The van der Waals surface area contributed by atoms with Gasteiger partial charge in [-0.15, -0.1) is 0 Å². The van der Waals surface area contributed by atoms with Gasteiger partial charge in [0.15, 0.2) is 0 Å². The molecule has 2 aliphatic rings. The molecule has 96 valence electrons. The molecule has 0 aromatic heterocycles. The molecule has 6 heteroatoms. The van der Waals surface area contributed by atoms with E-state index in [-0.39, 0.29) is 24.5 Å². The molecule has 2 aliphatic heterocycles. The maximum absolute atomic E-state index is 11.9. The number of aliphatic carboxylic acids is 1. The molecule has 0 aliphatic carbocycles. The molecule has 0 spiro atoms.